The summed E-state index contributed by atoms with van der Waals surface area (Å²) in [6, 6.07) is -1.30. The molecule has 0 aromatic rings. The summed E-state index contributed by atoms with van der Waals surface area (Å²) in [5.41, 5.74) is -0.131. The Morgan fingerprint density at radius 2 is 1.33 bits per heavy atom. The normalized spacial score (nSPS) is 16.3. The van der Waals surface area contributed by atoms with Crippen molar-refractivity contribution in [3.63, 3.8) is 0 Å². The Morgan fingerprint density at radius 3 is 1.63 bits per heavy atom. The summed E-state index contributed by atoms with van der Waals surface area (Å²) in [6.45, 7) is 19.2. The first-order valence-electron chi connectivity index (χ1n) is 10.7. The Kier molecular flexibility index (Phi) is 9.97. The zero-order chi connectivity index (χ0) is 24.2. The van der Waals surface area contributed by atoms with Crippen LogP contribution in [0.4, 0.5) is 0 Å². The third-order valence-electron chi connectivity index (χ3n) is 5.44. The van der Waals surface area contributed by atoms with Gasteiger partial charge in [-0.25, -0.2) is 0 Å². The van der Waals surface area contributed by atoms with Crippen molar-refractivity contribution in [3.05, 3.63) is 11.6 Å². The van der Waals surface area contributed by atoms with Gasteiger partial charge in [0.1, 0.15) is 6.04 Å². The van der Waals surface area contributed by atoms with Gasteiger partial charge in [0.05, 0.1) is 12.1 Å². The van der Waals surface area contributed by atoms with E-state index in [1.165, 1.54) is 6.92 Å². The third kappa shape index (κ3) is 7.86. The van der Waals surface area contributed by atoms with Crippen LogP contribution in [0, 0.1) is 16.7 Å². The smallest absolute Gasteiger partial charge is 0.245 e. The van der Waals surface area contributed by atoms with E-state index in [9.17, 15) is 14.4 Å². The maximum absolute atomic E-state index is 13.5. The van der Waals surface area contributed by atoms with Crippen LogP contribution < -0.4 is 5.32 Å². The minimum absolute atomic E-state index is 0.0128. The predicted molar refractivity (Wildman–Crippen MR) is 124 cm³/mol. The van der Waals surface area contributed by atoms with E-state index in [0.29, 0.717) is 5.57 Å². The summed E-state index contributed by atoms with van der Waals surface area (Å²) in [4.78, 5) is 42.0. The number of nitrogens with zero attached hydrogens (tertiary/aromatic N) is 2. The summed E-state index contributed by atoms with van der Waals surface area (Å²) in [5.74, 6) is -0.214. The number of nitrogens with one attached hydrogen (secondary N) is 1. The van der Waals surface area contributed by atoms with Crippen LogP contribution in [0.5, 0.6) is 0 Å². The first-order chi connectivity index (χ1) is 13.3. The first-order valence-corrected chi connectivity index (χ1v) is 10.7. The van der Waals surface area contributed by atoms with Crippen molar-refractivity contribution in [3.8, 4) is 0 Å². The van der Waals surface area contributed by atoms with Gasteiger partial charge in [0.2, 0.25) is 11.8 Å². The van der Waals surface area contributed by atoms with Crippen LogP contribution in [-0.4, -0.2) is 66.7 Å². The molecule has 0 fully saturated rings. The van der Waals surface area contributed by atoms with Gasteiger partial charge in [0.15, 0.2) is 5.78 Å². The number of amides is 2. The summed E-state index contributed by atoms with van der Waals surface area (Å²) < 4.78 is 0. The Bertz CT molecular complexity index is 652. The van der Waals surface area contributed by atoms with E-state index in [4.69, 9.17) is 0 Å². The maximum Gasteiger partial charge on any atom is 0.245 e. The van der Waals surface area contributed by atoms with Gasteiger partial charge in [-0.2, -0.15) is 0 Å². The molecule has 0 spiro atoms. The second kappa shape index (κ2) is 10.6. The van der Waals surface area contributed by atoms with Crippen LogP contribution in [-0.2, 0) is 14.4 Å². The molecule has 0 saturated carbocycles. The average molecular weight is 424 g/mol. The molecular weight excluding hydrogens is 378 g/mol. The van der Waals surface area contributed by atoms with Crippen molar-refractivity contribution in [1.29, 1.82) is 0 Å². The average Bonchev–Trinajstić information content (AvgIpc) is 2.52. The second-order valence-corrected chi connectivity index (χ2v) is 11.1. The van der Waals surface area contributed by atoms with Gasteiger partial charge in [-0.15, -0.1) is 0 Å². The second-order valence-electron chi connectivity index (χ2n) is 11.1. The lowest BCUT2D eigenvalue weighted by molar-refractivity contribution is -0.142. The molecule has 30 heavy (non-hydrogen) atoms. The zero-order valence-corrected chi connectivity index (χ0v) is 21.5. The van der Waals surface area contributed by atoms with Crippen LogP contribution >= 0.6 is 0 Å². The number of rotatable bonds is 8. The molecule has 0 aliphatic rings. The highest BCUT2D eigenvalue weighted by Crippen LogP contribution is 2.27. The lowest BCUT2D eigenvalue weighted by Crippen LogP contribution is -2.60. The van der Waals surface area contributed by atoms with Crippen molar-refractivity contribution < 1.29 is 14.4 Å². The van der Waals surface area contributed by atoms with E-state index in [0.717, 1.165) is 0 Å². The van der Waals surface area contributed by atoms with E-state index < -0.39 is 11.5 Å². The van der Waals surface area contributed by atoms with Gasteiger partial charge in [-0.1, -0.05) is 61.5 Å². The van der Waals surface area contributed by atoms with Crippen molar-refractivity contribution in [2.45, 2.75) is 87.4 Å². The highest BCUT2D eigenvalue weighted by molar-refractivity contribution is 5.93. The summed E-state index contributed by atoms with van der Waals surface area (Å²) in [6.07, 6.45) is 1.85. The molecule has 0 saturated heterocycles. The minimum Gasteiger partial charge on any atom is -0.342 e. The van der Waals surface area contributed by atoms with Crippen LogP contribution in [0.1, 0.15) is 69.2 Å². The molecule has 6 nitrogen and oxygen atoms in total. The lowest BCUT2D eigenvalue weighted by atomic mass is 9.82. The van der Waals surface area contributed by atoms with Crippen LogP contribution in [0.25, 0.3) is 0 Å². The largest absolute Gasteiger partial charge is 0.342 e. The van der Waals surface area contributed by atoms with Crippen molar-refractivity contribution in [2.24, 2.45) is 16.7 Å². The molecule has 0 aromatic heterocycles. The van der Waals surface area contributed by atoms with Gasteiger partial charge in [-0.3, -0.25) is 19.3 Å². The van der Waals surface area contributed by atoms with E-state index in [2.05, 4.69) is 5.32 Å². The number of carbonyl (C=O) groups is 3. The number of likely N-dealkylation sites (N-methyl/N-ethyl adjacent to an activating group) is 2. The zero-order valence-electron chi connectivity index (χ0n) is 21.5. The molecule has 0 radical (unpaired) electrons. The predicted octanol–water partition coefficient (Wildman–Crippen LogP) is 3.51. The molecule has 6 heteroatoms. The number of Topliss-reactive ketones (excluding diaryl/α,β-unsaturated/α-hetero) is 1. The Labute approximate surface area is 184 Å². The number of hydrogen-bond acceptors (Lipinski definition) is 4. The Balaban J connectivity index is 5.99. The summed E-state index contributed by atoms with van der Waals surface area (Å²) in [7, 11) is 5.49. The van der Waals surface area contributed by atoms with Gasteiger partial charge >= 0.3 is 0 Å². The van der Waals surface area contributed by atoms with E-state index in [1.807, 2.05) is 80.5 Å². The molecule has 3 atom stereocenters. The van der Waals surface area contributed by atoms with E-state index in [1.54, 1.807) is 18.9 Å². The van der Waals surface area contributed by atoms with Crippen LogP contribution in [0.2, 0.25) is 0 Å². The molecule has 0 aliphatic carbocycles. The van der Waals surface area contributed by atoms with Crippen molar-refractivity contribution in [1.82, 2.24) is 15.1 Å². The van der Waals surface area contributed by atoms with Crippen LogP contribution in [0.15, 0.2) is 11.6 Å². The van der Waals surface area contributed by atoms with Gasteiger partial charge in [0.25, 0.3) is 0 Å². The fourth-order valence-corrected chi connectivity index (χ4v) is 3.75. The fourth-order valence-electron chi connectivity index (χ4n) is 3.75. The summed E-state index contributed by atoms with van der Waals surface area (Å²) in [5, 5.41) is 3.04. The van der Waals surface area contributed by atoms with Gasteiger partial charge < -0.3 is 10.2 Å². The number of hydrogen-bond donors (Lipinski definition) is 1. The molecule has 174 valence electrons. The molecule has 0 rings (SSSR count). The molecule has 0 bridgehead atoms. The molecule has 0 heterocycles. The van der Waals surface area contributed by atoms with Crippen LogP contribution in [0.3, 0.4) is 0 Å². The first kappa shape index (κ1) is 28.3. The monoisotopic (exact) mass is 423 g/mol. The molecule has 2 amide bonds. The SMILES string of the molecule is CC(=O)/C(C)=C/[C@H](C(C)C)N(C)C(=O)[C@@H](NC(=O)[C@@H](N(C)C)C(C)(C)C)C(C)(C)C. The number of ketones is 1. The highest BCUT2D eigenvalue weighted by Gasteiger charge is 2.40. The fraction of sp³-hybridized carbons (Fsp3) is 0.792. The van der Waals surface area contributed by atoms with E-state index in [-0.39, 0.29) is 41.0 Å². The lowest BCUT2D eigenvalue weighted by Gasteiger charge is -2.40. The van der Waals surface area contributed by atoms with Gasteiger partial charge in [0, 0.05) is 7.05 Å². The molecular formula is C24H45N3O3. The highest BCUT2D eigenvalue weighted by atomic mass is 16.2. The minimum atomic E-state index is -0.688. The Hall–Kier alpha value is -1.69. The number of carbonyl (C=O) groups excluding carboxylic acids is 3. The summed E-state index contributed by atoms with van der Waals surface area (Å²) >= 11 is 0. The van der Waals surface area contributed by atoms with Crippen molar-refractivity contribution >= 4 is 17.6 Å². The van der Waals surface area contributed by atoms with Crippen molar-refractivity contribution in [2.75, 3.05) is 21.1 Å². The number of allylic oxidation sites excluding steroid dienone is 1. The molecule has 0 aromatic carbocycles. The van der Waals surface area contributed by atoms with E-state index >= 15 is 0 Å². The third-order valence-corrected chi connectivity index (χ3v) is 5.44. The molecule has 0 aliphatic heterocycles. The topological polar surface area (TPSA) is 69.7 Å². The maximum atomic E-state index is 13.5. The quantitative estimate of drug-likeness (QED) is 0.607. The standard InChI is InChI=1S/C24H45N3O3/c1-15(2)18(14-16(3)17(4)28)27(13)22(30)19(23(5,6)7)25-21(29)20(26(11)12)24(8,9)10/h14-15,18-20H,1-13H3,(H,25,29)/b16-14+/t18-,19-,20-/m1/s1. The van der Waals surface area contributed by atoms with Gasteiger partial charge in [-0.05, 0) is 50.3 Å². The Morgan fingerprint density at radius 1 is 0.867 bits per heavy atom. The molecule has 1 N–H and O–H groups in total. The molecule has 0 unspecified atom stereocenters.